The van der Waals surface area contributed by atoms with E-state index in [1.54, 1.807) is 7.11 Å². The molecule has 1 amide bonds. The Hall–Kier alpha value is -2.49. The molecule has 22 heavy (non-hydrogen) atoms. The molecule has 1 heterocycles. The molecule has 1 unspecified atom stereocenters. The maximum Gasteiger partial charge on any atom is 0.254 e. The molecule has 0 radical (unpaired) electrons. The highest BCUT2D eigenvalue weighted by molar-refractivity contribution is 6.06. The number of carbonyl (C=O) groups excluding carboxylic acids is 1. The van der Waals surface area contributed by atoms with E-state index in [0.29, 0.717) is 0 Å². The number of ether oxygens (including phenoxy) is 1. The first-order valence-corrected chi connectivity index (χ1v) is 7.44. The fraction of sp³-hybridized carbons (Fsp3) is 0.278. The molecule has 4 heteroatoms. The van der Waals surface area contributed by atoms with Gasteiger partial charge in [-0.15, -0.1) is 0 Å². The summed E-state index contributed by atoms with van der Waals surface area (Å²) in [5, 5.41) is 3.35. The number of carbonyl (C=O) groups is 1. The third-order valence-electron chi connectivity index (χ3n) is 3.90. The van der Waals surface area contributed by atoms with Crippen molar-refractivity contribution in [3.05, 3.63) is 54.1 Å². The van der Waals surface area contributed by atoms with Crippen LogP contribution in [0.15, 0.2) is 48.5 Å². The lowest BCUT2D eigenvalue weighted by Crippen LogP contribution is -2.46. The van der Waals surface area contributed by atoms with E-state index >= 15 is 0 Å². The van der Waals surface area contributed by atoms with Crippen LogP contribution in [0.3, 0.4) is 0 Å². The van der Waals surface area contributed by atoms with Gasteiger partial charge in [-0.25, -0.2) is 0 Å². The molecule has 1 aliphatic rings. The summed E-state index contributed by atoms with van der Waals surface area (Å²) in [7, 11) is 1.64. The van der Waals surface area contributed by atoms with Gasteiger partial charge in [-0.3, -0.25) is 4.79 Å². The number of benzene rings is 2. The molecule has 1 atom stereocenters. The highest BCUT2D eigenvalue weighted by Gasteiger charge is 2.34. The second-order valence-corrected chi connectivity index (χ2v) is 5.67. The van der Waals surface area contributed by atoms with Crippen molar-refractivity contribution in [1.29, 1.82) is 0 Å². The predicted molar refractivity (Wildman–Crippen MR) is 88.4 cm³/mol. The summed E-state index contributed by atoms with van der Waals surface area (Å²) in [5.74, 6) is 0.843. The highest BCUT2D eigenvalue weighted by atomic mass is 16.5. The minimum Gasteiger partial charge on any atom is -0.497 e. The summed E-state index contributed by atoms with van der Waals surface area (Å²) in [5.41, 5.74) is 2.78. The van der Waals surface area contributed by atoms with E-state index in [1.165, 1.54) is 0 Å². The van der Waals surface area contributed by atoms with Crippen molar-refractivity contribution in [2.75, 3.05) is 17.3 Å². The Morgan fingerprint density at radius 1 is 1.14 bits per heavy atom. The number of nitrogens with one attached hydrogen (secondary N) is 1. The average molecular weight is 296 g/mol. The van der Waals surface area contributed by atoms with Crippen LogP contribution in [0.1, 0.15) is 25.5 Å². The van der Waals surface area contributed by atoms with Gasteiger partial charge in [-0.1, -0.05) is 30.3 Å². The lowest BCUT2D eigenvalue weighted by molar-refractivity contribution is -0.120. The van der Waals surface area contributed by atoms with E-state index in [2.05, 4.69) is 5.32 Å². The van der Waals surface area contributed by atoms with Crippen molar-refractivity contribution in [3.63, 3.8) is 0 Å². The second kappa shape index (κ2) is 5.72. The van der Waals surface area contributed by atoms with Gasteiger partial charge in [0.15, 0.2) is 0 Å². The van der Waals surface area contributed by atoms with Crippen LogP contribution in [0.2, 0.25) is 0 Å². The van der Waals surface area contributed by atoms with Crippen LogP contribution in [0.5, 0.6) is 5.75 Å². The SMILES string of the molecule is COc1ccc2c(c1)NC(c1ccccc1)C(=O)N2C(C)C. The van der Waals surface area contributed by atoms with Crippen LogP contribution in [0, 0.1) is 0 Å². The van der Waals surface area contributed by atoms with Gasteiger partial charge in [0.25, 0.3) is 5.91 Å². The van der Waals surface area contributed by atoms with Crippen molar-refractivity contribution in [3.8, 4) is 5.75 Å². The molecule has 0 aliphatic carbocycles. The Balaban J connectivity index is 2.08. The summed E-state index contributed by atoms with van der Waals surface area (Å²) in [4.78, 5) is 14.8. The highest BCUT2D eigenvalue weighted by Crippen LogP contribution is 2.39. The second-order valence-electron chi connectivity index (χ2n) is 5.67. The molecule has 1 N–H and O–H groups in total. The Morgan fingerprint density at radius 3 is 2.50 bits per heavy atom. The van der Waals surface area contributed by atoms with Crippen molar-refractivity contribution in [2.24, 2.45) is 0 Å². The Bertz CT molecular complexity index is 683. The number of hydrogen-bond donors (Lipinski definition) is 1. The minimum absolute atomic E-state index is 0.0684. The van der Waals surface area contributed by atoms with Crippen molar-refractivity contribution in [1.82, 2.24) is 0 Å². The van der Waals surface area contributed by atoms with Crippen LogP contribution in [0.25, 0.3) is 0 Å². The van der Waals surface area contributed by atoms with E-state index in [1.807, 2.05) is 67.3 Å². The third-order valence-corrected chi connectivity index (χ3v) is 3.90. The van der Waals surface area contributed by atoms with Crippen LogP contribution in [0.4, 0.5) is 11.4 Å². The first kappa shape index (κ1) is 14.4. The number of methoxy groups -OCH3 is 1. The van der Waals surface area contributed by atoms with Gasteiger partial charge in [0, 0.05) is 12.1 Å². The number of nitrogens with zero attached hydrogens (tertiary/aromatic N) is 1. The van der Waals surface area contributed by atoms with E-state index in [4.69, 9.17) is 4.74 Å². The quantitative estimate of drug-likeness (QED) is 0.941. The summed E-state index contributed by atoms with van der Waals surface area (Å²) < 4.78 is 5.30. The van der Waals surface area contributed by atoms with Gasteiger partial charge in [-0.05, 0) is 31.5 Å². The van der Waals surface area contributed by atoms with Crippen molar-refractivity contribution >= 4 is 17.3 Å². The smallest absolute Gasteiger partial charge is 0.254 e. The normalized spacial score (nSPS) is 17.2. The predicted octanol–water partition coefficient (Wildman–Crippen LogP) is 3.60. The Kier molecular flexibility index (Phi) is 3.75. The Morgan fingerprint density at radius 2 is 1.86 bits per heavy atom. The summed E-state index contributed by atoms with van der Waals surface area (Å²) in [6.07, 6.45) is 0. The molecular weight excluding hydrogens is 276 g/mol. The maximum atomic E-state index is 12.9. The van der Waals surface area contributed by atoms with Gasteiger partial charge < -0.3 is 15.0 Å². The zero-order valence-electron chi connectivity index (χ0n) is 13.0. The van der Waals surface area contributed by atoms with E-state index < -0.39 is 0 Å². The van der Waals surface area contributed by atoms with Gasteiger partial charge in [0.2, 0.25) is 0 Å². The monoisotopic (exact) mass is 296 g/mol. The number of rotatable bonds is 3. The van der Waals surface area contributed by atoms with Gasteiger partial charge in [0.05, 0.1) is 18.5 Å². The van der Waals surface area contributed by atoms with Crippen LogP contribution in [-0.4, -0.2) is 19.1 Å². The molecule has 0 aromatic heterocycles. The van der Waals surface area contributed by atoms with E-state index in [0.717, 1.165) is 22.7 Å². The summed E-state index contributed by atoms with van der Waals surface area (Å²) in [6, 6.07) is 15.3. The van der Waals surface area contributed by atoms with Gasteiger partial charge >= 0.3 is 0 Å². The molecular formula is C18H20N2O2. The molecule has 1 aliphatic heterocycles. The van der Waals surface area contributed by atoms with Gasteiger partial charge in [0.1, 0.15) is 11.8 Å². The topological polar surface area (TPSA) is 41.6 Å². The molecule has 0 saturated carbocycles. The van der Waals surface area contributed by atoms with Crippen molar-refractivity contribution in [2.45, 2.75) is 25.9 Å². The van der Waals surface area contributed by atoms with E-state index in [9.17, 15) is 4.79 Å². The lowest BCUT2D eigenvalue weighted by Gasteiger charge is -2.38. The van der Waals surface area contributed by atoms with Gasteiger partial charge in [-0.2, -0.15) is 0 Å². The number of fused-ring (bicyclic) bond motifs is 1. The zero-order valence-corrected chi connectivity index (χ0v) is 13.0. The first-order valence-electron chi connectivity index (χ1n) is 7.44. The van der Waals surface area contributed by atoms with Crippen LogP contribution >= 0.6 is 0 Å². The fourth-order valence-electron chi connectivity index (χ4n) is 2.85. The maximum absolute atomic E-state index is 12.9. The largest absolute Gasteiger partial charge is 0.497 e. The van der Waals surface area contributed by atoms with Crippen LogP contribution < -0.4 is 15.0 Å². The molecule has 114 valence electrons. The third kappa shape index (κ3) is 2.41. The van der Waals surface area contributed by atoms with E-state index in [-0.39, 0.29) is 18.0 Å². The minimum atomic E-state index is -0.372. The fourth-order valence-corrected chi connectivity index (χ4v) is 2.85. The summed E-state index contributed by atoms with van der Waals surface area (Å²) >= 11 is 0. The van der Waals surface area contributed by atoms with Crippen molar-refractivity contribution < 1.29 is 9.53 Å². The zero-order chi connectivity index (χ0) is 15.7. The first-order chi connectivity index (χ1) is 10.6. The molecule has 0 spiro atoms. The average Bonchev–Trinajstić information content (AvgIpc) is 2.54. The molecule has 0 bridgehead atoms. The molecule has 4 nitrogen and oxygen atoms in total. The Labute approximate surface area is 130 Å². The number of anilines is 2. The molecule has 3 rings (SSSR count). The summed E-state index contributed by atoms with van der Waals surface area (Å²) in [6.45, 7) is 4.05. The molecule has 0 saturated heterocycles. The molecule has 2 aromatic carbocycles. The standard InChI is InChI=1S/C18H20N2O2/c1-12(2)20-16-10-9-14(22-3)11-15(16)19-17(18(20)21)13-7-5-4-6-8-13/h4-12,17,19H,1-3H3. The number of amides is 1. The molecule has 0 fully saturated rings. The molecule has 2 aromatic rings. The van der Waals surface area contributed by atoms with Crippen LogP contribution in [-0.2, 0) is 4.79 Å². The lowest BCUT2D eigenvalue weighted by atomic mass is 10.00. The number of hydrogen-bond acceptors (Lipinski definition) is 3.